The topological polar surface area (TPSA) is 49.3 Å². The van der Waals surface area contributed by atoms with Crippen LogP contribution >= 0.6 is 67.8 Å². The molecule has 1 aromatic carbocycles. The van der Waals surface area contributed by atoms with Crippen molar-refractivity contribution in [1.82, 2.24) is 5.32 Å². The number of carbonyl (C=O) groups excluding carboxylic acids is 1. The Kier molecular flexibility index (Phi) is 8.26. The van der Waals surface area contributed by atoms with Gasteiger partial charge in [-0.3, -0.25) is 4.79 Å². The van der Waals surface area contributed by atoms with E-state index in [2.05, 4.69) is 80.0 Å². The minimum Gasteiger partial charge on any atom is -0.506 e. The summed E-state index contributed by atoms with van der Waals surface area (Å²) in [6.45, 7) is 2.82. The lowest BCUT2D eigenvalue weighted by atomic mass is 10.1. The van der Waals surface area contributed by atoms with Crippen molar-refractivity contribution in [3.8, 4) is 5.75 Å². The summed E-state index contributed by atoms with van der Waals surface area (Å²) in [4.78, 5) is 12.0. The summed E-state index contributed by atoms with van der Waals surface area (Å²) in [7, 11) is 0. The van der Waals surface area contributed by atoms with Crippen molar-refractivity contribution >= 4 is 73.7 Å². The molecule has 0 saturated carbocycles. The third-order valence-electron chi connectivity index (χ3n) is 2.70. The molecule has 1 rings (SSSR count). The number of benzene rings is 1. The molecule has 0 radical (unpaired) electrons. The molecule has 0 aliphatic heterocycles. The van der Waals surface area contributed by atoms with Crippen molar-refractivity contribution in [3.63, 3.8) is 0 Å². The molecular formula is C13H16I3NO2. The van der Waals surface area contributed by atoms with Gasteiger partial charge < -0.3 is 10.4 Å². The highest BCUT2D eigenvalue weighted by molar-refractivity contribution is 14.1. The molecule has 0 unspecified atom stereocenters. The van der Waals surface area contributed by atoms with Gasteiger partial charge in [0, 0.05) is 13.7 Å². The Bertz CT molecular complexity index is 464. The molecule has 1 amide bonds. The molecule has 0 saturated heterocycles. The minimum absolute atomic E-state index is 0.0801. The zero-order chi connectivity index (χ0) is 14.4. The number of phenolic OH excluding ortho intramolecular Hbond substituents is 1. The predicted molar refractivity (Wildman–Crippen MR) is 103 cm³/mol. The molecule has 0 heterocycles. The van der Waals surface area contributed by atoms with Gasteiger partial charge in [-0.15, -0.1) is 0 Å². The van der Waals surface area contributed by atoms with Crippen LogP contribution in [0.5, 0.6) is 5.75 Å². The van der Waals surface area contributed by atoms with Gasteiger partial charge in [0.2, 0.25) is 0 Å². The molecule has 19 heavy (non-hydrogen) atoms. The monoisotopic (exact) mass is 599 g/mol. The molecular weight excluding hydrogens is 583 g/mol. The van der Waals surface area contributed by atoms with Gasteiger partial charge >= 0.3 is 0 Å². The van der Waals surface area contributed by atoms with Gasteiger partial charge in [0.15, 0.2) is 0 Å². The number of halogens is 3. The van der Waals surface area contributed by atoms with Crippen molar-refractivity contribution < 1.29 is 9.90 Å². The third kappa shape index (κ3) is 5.18. The first-order chi connectivity index (χ1) is 8.99. The second kappa shape index (κ2) is 8.85. The van der Waals surface area contributed by atoms with Gasteiger partial charge in [0.05, 0.1) is 9.13 Å². The lowest BCUT2D eigenvalue weighted by molar-refractivity contribution is 0.0950. The van der Waals surface area contributed by atoms with Crippen molar-refractivity contribution in [2.45, 2.75) is 32.6 Å². The number of aromatic hydroxyl groups is 1. The summed E-state index contributed by atoms with van der Waals surface area (Å²) < 4.78 is 2.70. The Labute approximate surface area is 154 Å². The van der Waals surface area contributed by atoms with Gasteiger partial charge in [-0.05, 0) is 80.3 Å². The van der Waals surface area contributed by atoms with Gasteiger partial charge in [-0.25, -0.2) is 0 Å². The van der Waals surface area contributed by atoms with E-state index in [1.165, 1.54) is 12.8 Å². The predicted octanol–water partition coefficient (Wildman–Crippen LogP) is 4.52. The molecule has 0 aliphatic rings. The van der Waals surface area contributed by atoms with Crippen LogP contribution in [0.4, 0.5) is 0 Å². The first kappa shape index (κ1) is 17.7. The molecule has 106 valence electrons. The van der Waals surface area contributed by atoms with Crippen LogP contribution in [0.3, 0.4) is 0 Å². The van der Waals surface area contributed by atoms with Crippen molar-refractivity contribution in [3.05, 3.63) is 22.3 Å². The third-order valence-corrected chi connectivity index (χ3v) is 7.78. The number of unbranched alkanes of at least 4 members (excludes halogenated alkanes) is 3. The molecule has 0 aliphatic carbocycles. The summed E-state index contributed by atoms with van der Waals surface area (Å²) in [5.41, 5.74) is 0.365. The number of rotatable bonds is 6. The first-order valence-electron chi connectivity index (χ1n) is 6.13. The second-order valence-electron chi connectivity index (χ2n) is 4.20. The molecule has 0 aromatic heterocycles. The maximum absolute atomic E-state index is 12.0. The zero-order valence-corrected chi connectivity index (χ0v) is 17.1. The van der Waals surface area contributed by atoms with Gasteiger partial charge in [0.25, 0.3) is 5.91 Å². The molecule has 2 N–H and O–H groups in total. The Hall–Kier alpha value is 0.680. The average Bonchev–Trinajstić information content (AvgIpc) is 2.40. The van der Waals surface area contributed by atoms with Crippen LogP contribution in [0, 0.1) is 10.7 Å². The summed E-state index contributed by atoms with van der Waals surface area (Å²) >= 11 is 6.42. The number of nitrogens with one attached hydrogen (secondary N) is 1. The Morgan fingerprint density at radius 2 is 1.89 bits per heavy atom. The largest absolute Gasteiger partial charge is 0.506 e. The standard InChI is InChI=1S/C13H16I3NO2/c1-2-3-4-5-6-17-13(19)8-7-9(14)10(15)11(16)12(8)18/h7,18H,2-6H2,1H3,(H,17,19). The summed E-state index contributed by atoms with van der Waals surface area (Å²) in [5, 5.41) is 12.9. The molecule has 0 bridgehead atoms. The van der Waals surface area contributed by atoms with E-state index >= 15 is 0 Å². The fourth-order valence-corrected chi connectivity index (χ4v) is 3.70. The van der Waals surface area contributed by atoms with E-state index in [1.54, 1.807) is 6.07 Å². The molecule has 6 heteroatoms. The van der Waals surface area contributed by atoms with Crippen LogP contribution in [-0.2, 0) is 0 Å². The van der Waals surface area contributed by atoms with E-state index in [-0.39, 0.29) is 11.7 Å². The maximum Gasteiger partial charge on any atom is 0.255 e. The highest BCUT2D eigenvalue weighted by Gasteiger charge is 2.17. The Morgan fingerprint density at radius 3 is 2.53 bits per heavy atom. The SMILES string of the molecule is CCCCCCNC(=O)c1cc(I)c(I)c(I)c1O. The average molecular weight is 599 g/mol. The number of carbonyl (C=O) groups is 1. The maximum atomic E-state index is 12.0. The van der Waals surface area contributed by atoms with Gasteiger partial charge in [0.1, 0.15) is 5.75 Å². The van der Waals surface area contributed by atoms with E-state index in [1.807, 2.05) is 0 Å². The quantitative estimate of drug-likeness (QED) is 0.288. The molecule has 3 nitrogen and oxygen atoms in total. The Morgan fingerprint density at radius 1 is 1.21 bits per heavy atom. The Balaban J connectivity index is 2.67. The number of hydrogen-bond acceptors (Lipinski definition) is 2. The van der Waals surface area contributed by atoms with Gasteiger partial charge in [-0.2, -0.15) is 0 Å². The molecule has 0 spiro atoms. The zero-order valence-electron chi connectivity index (χ0n) is 10.6. The summed E-state index contributed by atoms with van der Waals surface area (Å²) in [6, 6.07) is 1.74. The second-order valence-corrected chi connectivity index (χ2v) is 7.52. The van der Waals surface area contributed by atoms with Crippen molar-refractivity contribution in [2.75, 3.05) is 6.54 Å². The van der Waals surface area contributed by atoms with E-state index in [4.69, 9.17) is 0 Å². The fraction of sp³-hybridized carbons (Fsp3) is 0.462. The van der Waals surface area contributed by atoms with E-state index < -0.39 is 0 Å². The van der Waals surface area contributed by atoms with E-state index in [0.29, 0.717) is 12.1 Å². The van der Waals surface area contributed by atoms with Crippen LogP contribution < -0.4 is 5.32 Å². The molecule has 0 atom stereocenters. The first-order valence-corrected chi connectivity index (χ1v) is 9.37. The molecule has 1 aromatic rings. The van der Waals surface area contributed by atoms with Crippen molar-refractivity contribution in [2.24, 2.45) is 0 Å². The van der Waals surface area contributed by atoms with Crippen LogP contribution in [-0.4, -0.2) is 17.6 Å². The smallest absolute Gasteiger partial charge is 0.255 e. The van der Waals surface area contributed by atoms with E-state index in [0.717, 1.165) is 23.6 Å². The number of phenols is 1. The van der Waals surface area contributed by atoms with Crippen LogP contribution in [0.2, 0.25) is 0 Å². The van der Waals surface area contributed by atoms with E-state index in [9.17, 15) is 9.90 Å². The lowest BCUT2D eigenvalue weighted by Gasteiger charge is -2.10. The highest BCUT2D eigenvalue weighted by atomic mass is 127. The number of amides is 1. The van der Waals surface area contributed by atoms with Crippen LogP contribution in [0.15, 0.2) is 6.07 Å². The normalized spacial score (nSPS) is 10.5. The summed E-state index contributed by atoms with van der Waals surface area (Å²) in [5.74, 6) is -0.113. The van der Waals surface area contributed by atoms with Crippen LogP contribution in [0.1, 0.15) is 43.0 Å². The van der Waals surface area contributed by atoms with Gasteiger partial charge in [-0.1, -0.05) is 26.2 Å². The number of hydrogen-bond donors (Lipinski definition) is 2. The van der Waals surface area contributed by atoms with Crippen molar-refractivity contribution in [1.29, 1.82) is 0 Å². The van der Waals surface area contributed by atoms with Crippen LogP contribution in [0.25, 0.3) is 0 Å². The summed E-state index contributed by atoms with van der Waals surface area (Å²) in [6.07, 6.45) is 4.49. The molecule has 0 fully saturated rings. The fourth-order valence-electron chi connectivity index (χ4n) is 1.61. The lowest BCUT2D eigenvalue weighted by Crippen LogP contribution is -2.25. The minimum atomic E-state index is -0.193. The highest BCUT2D eigenvalue weighted by Crippen LogP contribution is 2.32.